The highest BCUT2D eigenvalue weighted by Gasteiger charge is 2.30. The van der Waals surface area contributed by atoms with Gasteiger partial charge in [0.25, 0.3) is 11.8 Å². The molecule has 1 fully saturated rings. The number of hydrogen-bond acceptors (Lipinski definition) is 4. The monoisotopic (exact) mass is 377 g/mol. The van der Waals surface area contributed by atoms with Gasteiger partial charge in [0.2, 0.25) is 0 Å². The summed E-state index contributed by atoms with van der Waals surface area (Å²) < 4.78 is 0. The van der Waals surface area contributed by atoms with E-state index in [9.17, 15) is 9.59 Å². The molecular formula is C21H19N3O2S. The molecule has 6 heteroatoms. The molecular weight excluding hydrogens is 358 g/mol. The SMILES string of the molecule is O=C(Nc1ccc(C(=O)N2CCC[C@@H]2c2cccnc2)cc1)c1cccs1. The molecule has 0 aliphatic carbocycles. The fourth-order valence-electron chi connectivity index (χ4n) is 3.39. The van der Waals surface area contributed by atoms with Gasteiger partial charge < -0.3 is 10.2 Å². The largest absolute Gasteiger partial charge is 0.332 e. The molecule has 3 aromatic rings. The van der Waals surface area contributed by atoms with Gasteiger partial charge in [0.15, 0.2) is 0 Å². The van der Waals surface area contributed by atoms with Gasteiger partial charge in [-0.15, -0.1) is 11.3 Å². The first-order chi connectivity index (χ1) is 13.2. The highest BCUT2D eigenvalue weighted by molar-refractivity contribution is 7.12. The van der Waals surface area contributed by atoms with Crippen LogP contribution in [0.5, 0.6) is 0 Å². The summed E-state index contributed by atoms with van der Waals surface area (Å²) in [4.78, 5) is 31.8. The van der Waals surface area contributed by atoms with E-state index >= 15 is 0 Å². The molecule has 0 unspecified atom stereocenters. The van der Waals surface area contributed by atoms with Crippen molar-refractivity contribution in [3.63, 3.8) is 0 Å². The number of likely N-dealkylation sites (tertiary alicyclic amines) is 1. The van der Waals surface area contributed by atoms with Crippen LogP contribution in [0.1, 0.15) is 44.5 Å². The summed E-state index contributed by atoms with van der Waals surface area (Å²) in [5.41, 5.74) is 2.37. The first-order valence-corrected chi connectivity index (χ1v) is 9.76. The van der Waals surface area contributed by atoms with Gasteiger partial charge in [-0.1, -0.05) is 12.1 Å². The molecule has 1 aliphatic heterocycles. The Balaban J connectivity index is 1.47. The second kappa shape index (κ2) is 7.72. The molecule has 1 aliphatic rings. The van der Waals surface area contributed by atoms with E-state index in [1.807, 2.05) is 34.7 Å². The van der Waals surface area contributed by atoms with Crippen molar-refractivity contribution in [1.29, 1.82) is 0 Å². The lowest BCUT2D eigenvalue weighted by Crippen LogP contribution is -2.30. The molecule has 0 bridgehead atoms. The number of nitrogens with zero attached hydrogens (tertiary/aromatic N) is 2. The van der Waals surface area contributed by atoms with E-state index in [1.54, 1.807) is 36.5 Å². The lowest BCUT2D eigenvalue weighted by Gasteiger charge is -2.25. The third kappa shape index (κ3) is 3.75. The zero-order chi connectivity index (χ0) is 18.6. The standard InChI is InChI=1S/C21H19N3O2S/c25-20(19-6-3-13-27-19)23-17-9-7-15(8-10-17)21(26)24-12-2-5-18(24)16-4-1-11-22-14-16/h1,3-4,6-11,13-14,18H,2,5,12H2,(H,23,25)/t18-/m1/s1. The third-order valence-electron chi connectivity index (χ3n) is 4.72. The second-order valence-electron chi connectivity index (χ2n) is 6.45. The summed E-state index contributed by atoms with van der Waals surface area (Å²) >= 11 is 1.40. The van der Waals surface area contributed by atoms with Crippen molar-refractivity contribution in [3.8, 4) is 0 Å². The summed E-state index contributed by atoms with van der Waals surface area (Å²) in [5.74, 6) is -0.127. The summed E-state index contributed by atoms with van der Waals surface area (Å²) in [6, 6.07) is 14.7. The van der Waals surface area contributed by atoms with Gasteiger partial charge >= 0.3 is 0 Å². The Bertz CT molecular complexity index is 924. The van der Waals surface area contributed by atoms with Crippen molar-refractivity contribution in [3.05, 3.63) is 82.3 Å². The van der Waals surface area contributed by atoms with Gasteiger partial charge in [-0.25, -0.2) is 0 Å². The highest BCUT2D eigenvalue weighted by atomic mass is 32.1. The van der Waals surface area contributed by atoms with Crippen LogP contribution in [-0.4, -0.2) is 28.2 Å². The maximum absolute atomic E-state index is 13.0. The molecule has 2 amide bonds. The quantitative estimate of drug-likeness (QED) is 0.734. The summed E-state index contributed by atoms with van der Waals surface area (Å²) in [6.45, 7) is 0.745. The minimum atomic E-state index is -0.139. The average molecular weight is 377 g/mol. The van der Waals surface area contributed by atoms with Crippen LogP contribution in [-0.2, 0) is 0 Å². The Kier molecular flexibility index (Phi) is 4.98. The summed E-state index contributed by atoms with van der Waals surface area (Å²) in [6.07, 6.45) is 5.51. The van der Waals surface area contributed by atoms with E-state index in [4.69, 9.17) is 0 Å². The summed E-state index contributed by atoms with van der Waals surface area (Å²) in [7, 11) is 0. The molecule has 5 nitrogen and oxygen atoms in total. The van der Waals surface area contributed by atoms with Crippen LogP contribution in [0.3, 0.4) is 0 Å². The third-order valence-corrected chi connectivity index (χ3v) is 5.59. The molecule has 1 aromatic carbocycles. The number of hydrogen-bond donors (Lipinski definition) is 1. The minimum Gasteiger partial charge on any atom is -0.332 e. The number of carbonyl (C=O) groups excluding carboxylic acids is 2. The lowest BCUT2D eigenvalue weighted by atomic mass is 10.1. The Morgan fingerprint density at radius 2 is 1.96 bits per heavy atom. The van der Waals surface area contributed by atoms with Crippen LogP contribution < -0.4 is 5.32 Å². The smallest absolute Gasteiger partial charge is 0.265 e. The number of anilines is 1. The Labute approximate surface area is 161 Å². The van der Waals surface area contributed by atoms with Crippen LogP contribution >= 0.6 is 11.3 Å². The number of pyridine rings is 1. The van der Waals surface area contributed by atoms with E-state index in [0.717, 1.165) is 24.9 Å². The molecule has 3 heterocycles. The van der Waals surface area contributed by atoms with Crippen molar-refractivity contribution in [1.82, 2.24) is 9.88 Å². The van der Waals surface area contributed by atoms with Gasteiger partial charge in [0.1, 0.15) is 0 Å². The zero-order valence-corrected chi connectivity index (χ0v) is 15.5. The number of benzene rings is 1. The van der Waals surface area contributed by atoms with Gasteiger partial charge in [0.05, 0.1) is 10.9 Å². The van der Waals surface area contributed by atoms with Crippen molar-refractivity contribution in [2.75, 3.05) is 11.9 Å². The highest BCUT2D eigenvalue weighted by Crippen LogP contribution is 2.32. The Hall–Kier alpha value is -2.99. The van der Waals surface area contributed by atoms with Gasteiger partial charge in [-0.05, 0) is 60.2 Å². The van der Waals surface area contributed by atoms with Crippen molar-refractivity contribution < 1.29 is 9.59 Å². The fraction of sp³-hybridized carbons (Fsp3) is 0.190. The fourth-order valence-corrected chi connectivity index (χ4v) is 4.01. The first-order valence-electron chi connectivity index (χ1n) is 8.88. The van der Waals surface area contributed by atoms with Crippen LogP contribution in [0.4, 0.5) is 5.69 Å². The van der Waals surface area contributed by atoms with Crippen LogP contribution in [0.25, 0.3) is 0 Å². The van der Waals surface area contributed by atoms with Gasteiger partial charge in [0, 0.05) is 30.2 Å². The van der Waals surface area contributed by atoms with E-state index < -0.39 is 0 Å². The molecule has 0 saturated carbocycles. The number of amides is 2. The molecule has 0 spiro atoms. The second-order valence-corrected chi connectivity index (χ2v) is 7.40. The lowest BCUT2D eigenvalue weighted by molar-refractivity contribution is 0.0735. The van der Waals surface area contributed by atoms with Gasteiger partial charge in [-0.2, -0.15) is 0 Å². The average Bonchev–Trinajstić information content (AvgIpc) is 3.41. The van der Waals surface area contributed by atoms with E-state index in [2.05, 4.69) is 10.3 Å². The number of thiophene rings is 1. The van der Waals surface area contributed by atoms with Crippen LogP contribution in [0.2, 0.25) is 0 Å². The number of nitrogens with one attached hydrogen (secondary N) is 1. The molecule has 2 aromatic heterocycles. The zero-order valence-electron chi connectivity index (χ0n) is 14.7. The molecule has 1 saturated heterocycles. The normalized spacial score (nSPS) is 16.3. The minimum absolute atomic E-state index is 0.0116. The van der Waals surface area contributed by atoms with Crippen molar-refractivity contribution in [2.24, 2.45) is 0 Å². The first kappa shape index (κ1) is 17.4. The van der Waals surface area contributed by atoms with Crippen LogP contribution in [0, 0.1) is 0 Å². The summed E-state index contributed by atoms with van der Waals surface area (Å²) in [5, 5.41) is 4.72. The molecule has 27 heavy (non-hydrogen) atoms. The number of carbonyl (C=O) groups is 2. The number of aromatic nitrogens is 1. The van der Waals surface area contributed by atoms with Crippen LogP contribution in [0.15, 0.2) is 66.3 Å². The molecule has 1 N–H and O–H groups in total. The maximum atomic E-state index is 13.0. The molecule has 1 atom stereocenters. The van der Waals surface area contributed by atoms with E-state index in [1.165, 1.54) is 11.3 Å². The Morgan fingerprint density at radius 3 is 2.67 bits per heavy atom. The van der Waals surface area contributed by atoms with Crippen molar-refractivity contribution in [2.45, 2.75) is 18.9 Å². The Morgan fingerprint density at radius 1 is 1.11 bits per heavy atom. The van der Waals surface area contributed by atoms with E-state index in [-0.39, 0.29) is 17.9 Å². The predicted molar refractivity (Wildman–Crippen MR) is 106 cm³/mol. The maximum Gasteiger partial charge on any atom is 0.265 e. The topological polar surface area (TPSA) is 62.3 Å². The molecule has 136 valence electrons. The number of rotatable bonds is 4. The predicted octanol–water partition coefficient (Wildman–Crippen LogP) is 4.37. The van der Waals surface area contributed by atoms with E-state index in [0.29, 0.717) is 16.1 Å². The molecule has 0 radical (unpaired) electrons. The van der Waals surface area contributed by atoms with Crippen molar-refractivity contribution >= 4 is 28.8 Å². The molecule has 4 rings (SSSR count). The van der Waals surface area contributed by atoms with Gasteiger partial charge in [-0.3, -0.25) is 14.6 Å².